The zero-order valence-corrected chi connectivity index (χ0v) is 21.0. The number of aromatic nitrogens is 5. The van der Waals surface area contributed by atoms with Crippen LogP contribution in [0, 0.1) is 0 Å². The van der Waals surface area contributed by atoms with E-state index >= 15 is 4.39 Å². The van der Waals surface area contributed by atoms with Gasteiger partial charge in [-0.2, -0.15) is 5.10 Å². The van der Waals surface area contributed by atoms with Gasteiger partial charge in [-0.05, 0) is 75.9 Å². The van der Waals surface area contributed by atoms with E-state index in [1.54, 1.807) is 30.5 Å². The lowest BCUT2D eigenvalue weighted by atomic mass is 9.82. The summed E-state index contributed by atoms with van der Waals surface area (Å²) in [6.45, 7) is 4.15. The van der Waals surface area contributed by atoms with Gasteiger partial charge in [-0.15, -0.1) is 27.1 Å². The largest absolute Gasteiger partial charge is 0.507 e. The first-order valence-corrected chi connectivity index (χ1v) is 13.0. The molecule has 1 aromatic carbocycles. The number of halogens is 1. The summed E-state index contributed by atoms with van der Waals surface area (Å²) in [5.41, 5.74) is 1.45. The molecule has 36 heavy (non-hydrogen) atoms. The van der Waals surface area contributed by atoms with Crippen LogP contribution < -0.4 is 10.2 Å². The molecule has 0 amide bonds. The highest BCUT2D eigenvalue weighted by molar-refractivity contribution is 7.98. The van der Waals surface area contributed by atoms with Crippen LogP contribution in [0.1, 0.15) is 50.1 Å². The molecule has 10 heteroatoms. The minimum absolute atomic E-state index is 0.0307. The molecule has 2 N–H and O–H groups in total. The first-order chi connectivity index (χ1) is 18.4. The molecule has 2 aliphatic heterocycles. The Kier molecular flexibility index (Phi) is 4.85. The van der Waals surface area contributed by atoms with Gasteiger partial charge in [0.1, 0.15) is 22.6 Å². The van der Waals surface area contributed by atoms with E-state index in [1.807, 2.05) is 11.8 Å². The van der Waals surface area contributed by atoms with Gasteiger partial charge < -0.3 is 15.3 Å². The zero-order valence-electron chi connectivity index (χ0n) is 23.1. The Balaban J connectivity index is 1.24. The summed E-state index contributed by atoms with van der Waals surface area (Å²) in [6, 6.07) is 6.55. The van der Waals surface area contributed by atoms with Crippen LogP contribution in [-0.2, 0) is 0 Å². The number of anilines is 1. The molecular formula is C26H30FN7OS. The number of phenols is 1. The maximum absolute atomic E-state index is 15.8. The zero-order chi connectivity index (χ0) is 27.6. The second-order valence-corrected chi connectivity index (χ2v) is 11.3. The Bertz CT molecular complexity index is 1390. The van der Waals surface area contributed by atoms with Gasteiger partial charge in [-0.1, -0.05) is 6.07 Å². The molecule has 0 radical (unpaired) electrons. The minimum Gasteiger partial charge on any atom is -0.507 e. The van der Waals surface area contributed by atoms with Gasteiger partial charge >= 0.3 is 0 Å². The molecule has 1 aliphatic carbocycles. The van der Waals surface area contributed by atoms with Crippen LogP contribution in [0.5, 0.6) is 5.75 Å². The molecule has 4 atom stereocenters. The van der Waals surface area contributed by atoms with E-state index in [2.05, 4.69) is 37.6 Å². The van der Waals surface area contributed by atoms with Crippen LogP contribution in [-0.4, -0.2) is 66.0 Å². The van der Waals surface area contributed by atoms with Crippen molar-refractivity contribution in [2.45, 2.75) is 80.3 Å². The molecular weight excluding hydrogens is 477 g/mol. The predicted molar refractivity (Wildman–Crippen MR) is 138 cm³/mol. The van der Waals surface area contributed by atoms with E-state index in [9.17, 15) is 5.11 Å². The molecule has 3 aliphatic rings. The predicted octanol–water partition coefficient (Wildman–Crippen LogP) is 4.40. The van der Waals surface area contributed by atoms with Crippen molar-refractivity contribution in [3.05, 3.63) is 36.7 Å². The number of hydrogen-bond donors (Lipinski definition) is 2. The van der Waals surface area contributed by atoms with Crippen LogP contribution in [0.2, 0.25) is 0 Å². The smallest absolute Gasteiger partial charge is 0.245 e. The topological polar surface area (TPSA) is 100.0 Å². The van der Waals surface area contributed by atoms with Crippen molar-refractivity contribution in [2.24, 2.45) is 0 Å². The third-order valence-corrected chi connectivity index (χ3v) is 8.22. The third kappa shape index (κ3) is 4.10. The summed E-state index contributed by atoms with van der Waals surface area (Å²) in [5.74, 6) is 0.387. The molecule has 8 nitrogen and oxygen atoms in total. The van der Waals surface area contributed by atoms with E-state index in [1.165, 1.54) is 6.20 Å². The quantitative estimate of drug-likeness (QED) is 0.467. The van der Waals surface area contributed by atoms with Crippen molar-refractivity contribution in [2.75, 3.05) is 11.1 Å². The lowest BCUT2D eigenvalue weighted by molar-refractivity contribution is 0.0828. The first-order valence-electron chi connectivity index (χ1n) is 13.7. The normalized spacial score (nSPS) is 30.9. The molecule has 3 aromatic rings. The number of hydrogen-bond acceptors (Lipinski definition) is 9. The van der Waals surface area contributed by atoms with Gasteiger partial charge in [0.2, 0.25) is 5.95 Å². The summed E-state index contributed by atoms with van der Waals surface area (Å²) in [7, 11) is 0. The Hall–Kier alpha value is -2.85. The van der Waals surface area contributed by atoms with Crippen molar-refractivity contribution in [1.82, 2.24) is 30.7 Å². The fourth-order valence-corrected chi connectivity index (χ4v) is 6.14. The Morgan fingerprint density at radius 1 is 1.14 bits per heavy atom. The molecule has 4 heterocycles. The maximum Gasteiger partial charge on any atom is 0.245 e. The molecule has 6 rings (SSSR count). The number of rotatable bonds is 6. The van der Waals surface area contributed by atoms with Gasteiger partial charge in [-0.3, -0.25) is 0 Å². The first kappa shape index (κ1) is 20.2. The SMILES string of the molecule is [2H]C([2H])([2H])Sc1cc(-c2ccc(-c3cnc(N(C4CC4)[C@H]4C[C@]5(C)CC[C@@](C)(N5)[C@H]4F)nn3)c(O)c2)cnn1. The van der Waals surface area contributed by atoms with Crippen LogP contribution in [0.15, 0.2) is 41.7 Å². The van der Waals surface area contributed by atoms with Crippen LogP contribution in [0.3, 0.4) is 0 Å². The Labute approximate surface area is 218 Å². The van der Waals surface area contributed by atoms with Gasteiger partial charge in [-0.25, -0.2) is 9.37 Å². The highest BCUT2D eigenvalue weighted by Crippen LogP contribution is 2.47. The highest BCUT2D eigenvalue weighted by Gasteiger charge is 2.58. The lowest BCUT2D eigenvalue weighted by Crippen LogP contribution is -2.66. The maximum atomic E-state index is 15.8. The number of thioether (sulfide) groups is 1. The molecule has 1 saturated carbocycles. The Morgan fingerprint density at radius 3 is 2.72 bits per heavy atom. The van der Waals surface area contributed by atoms with Crippen molar-refractivity contribution >= 4 is 17.7 Å². The van der Waals surface area contributed by atoms with E-state index in [0.29, 0.717) is 46.5 Å². The number of alkyl halides is 1. The molecule has 2 bridgehead atoms. The monoisotopic (exact) mass is 510 g/mol. The van der Waals surface area contributed by atoms with E-state index in [4.69, 9.17) is 4.11 Å². The number of piperidine rings is 1. The van der Waals surface area contributed by atoms with E-state index in [-0.39, 0.29) is 28.4 Å². The fourth-order valence-electron chi connectivity index (χ4n) is 5.87. The van der Waals surface area contributed by atoms with Crippen LogP contribution >= 0.6 is 11.8 Å². The average molecular weight is 511 g/mol. The van der Waals surface area contributed by atoms with Crippen molar-refractivity contribution < 1.29 is 13.6 Å². The molecule has 3 fully saturated rings. The number of benzene rings is 1. The fraction of sp³-hybridized carbons (Fsp3) is 0.500. The average Bonchev–Trinajstić information content (AvgIpc) is 3.67. The number of aromatic hydroxyl groups is 1. The summed E-state index contributed by atoms with van der Waals surface area (Å²) < 4.78 is 38.1. The van der Waals surface area contributed by atoms with Gasteiger partial charge in [0, 0.05) is 32.4 Å². The Morgan fingerprint density at radius 2 is 2.00 bits per heavy atom. The number of nitrogens with one attached hydrogen (secondary N) is 1. The van der Waals surface area contributed by atoms with Crippen LogP contribution in [0.25, 0.3) is 22.4 Å². The second-order valence-electron chi connectivity index (χ2n) is 10.7. The summed E-state index contributed by atoms with van der Waals surface area (Å²) in [6.07, 6.45) is 4.19. The van der Waals surface area contributed by atoms with Crippen molar-refractivity contribution in [1.29, 1.82) is 0 Å². The number of fused-ring (bicyclic) bond motifs is 2. The molecule has 2 saturated heterocycles. The second kappa shape index (κ2) is 8.62. The van der Waals surface area contributed by atoms with E-state index in [0.717, 1.165) is 25.7 Å². The molecule has 188 valence electrons. The summed E-state index contributed by atoms with van der Waals surface area (Å²) in [5, 5.41) is 31.1. The lowest BCUT2D eigenvalue weighted by Gasteiger charge is -2.48. The van der Waals surface area contributed by atoms with Crippen LogP contribution in [0.4, 0.5) is 10.3 Å². The van der Waals surface area contributed by atoms with E-state index < -0.39 is 17.9 Å². The standard InChI is InChI=1S/C26H30FN7OS/c1-25-8-9-26(2,33-25)23(27)20(12-25)34(17-5-6-17)24-28-14-19(30-32-24)18-7-4-15(10-21(18)35)16-11-22(36-3)31-29-13-16/h4,7,10-11,13-14,17,20,23,33,35H,5-6,8-9,12H2,1-3H3/t20-,23-,25-,26+/m0/s1/i3D3. The molecule has 0 spiro atoms. The molecule has 2 aromatic heterocycles. The highest BCUT2D eigenvalue weighted by atomic mass is 32.2. The third-order valence-electron chi connectivity index (χ3n) is 7.81. The molecule has 0 unspecified atom stereocenters. The minimum atomic E-state index is -2.24. The van der Waals surface area contributed by atoms with Gasteiger partial charge in [0.05, 0.1) is 18.4 Å². The number of phenolic OH excluding ortho intramolecular Hbond substituents is 1. The van der Waals surface area contributed by atoms with Gasteiger partial charge in [0.25, 0.3) is 0 Å². The van der Waals surface area contributed by atoms with Crippen molar-refractivity contribution in [3.63, 3.8) is 0 Å². The number of nitrogens with zero attached hydrogens (tertiary/aromatic N) is 6. The van der Waals surface area contributed by atoms with Gasteiger partial charge in [0.15, 0.2) is 0 Å². The summed E-state index contributed by atoms with van der Waals surface area (Å²) >= 11 is 0.644. The van der Waals surface area contributed by atoms with Crippen molar-refractivity contribution in [3.8, 4) is 28.1 Å². The summed E-state index contributed by atoms with van der Waals surface area (Å²) in [4.78, 5) is 6.63.